The number of aryl methyl sites for hydroxylation is 1. The monoisotopic (exact) mass is 318 g/mol. The molecule has 124 valence electrons. The van der Waals surface area contributed by atoms with Gasteiger partial charge in [-0.05, 0) is 38.0 Å². The smallest absolute Gasteiger partial charge is 0.328 e. The van der Waals surface area contributed by atoms with E-state index in [2.05, 4.69) is 12.2 Å². The summed E-state index contributed by atoms with van der Waals surface area (Å²) in [5.41, 5.74) is 0.592. The fraction of sp³-hybridized carbons (Fsp3) is 0.471. The molecule has 1 heterocycles. The van der Waals surface area contributed by atoms with Gasteiger partial charge in [-0.1, -0.05) is 19.1 Å². The first-order valence-electron chi connectivity index (χ1n) is 7.69. The maximum Gasteiger partial charge on any atom is 0.328 e. The first-order valence-corrected chi connectivity index (χ1v) is 7.69. The van der Waals surface area contributed by atoms with E-state index in [0.29, 0.717) is 0 Å². The van der Waals surface area contributed by atoms with Gasteiger partial charge in [-0.15, -0.1) is 0 Å². The summed E-state index contributed by atoms with van der Waals surface area (Å²) in [5.74, 6) is -2.17. The van der Waals surface area contributed by atoms with Crippen LogP contribution in [0.4, 0.5) is 5.69 Å². The number of carbonyl (C=O) groups excluding carboxylic acids is 2. The number of benzene rings is 1. The fourth-order valence-electron chi connectivity index (χ4n) is 2.51. The molecular weight excluding hydrogens is 296 g/mol. The van der Waals surface area contributed by atoms with Gasteiger partial charge in [0.1, 0.15) is 5.54 Å². The van der Waals surface area contributed by atoms with E-state index in [1.54, 1.807) is 4.90 Å². The second kappa shape index (κ2) is 6.40. The molecule has 1 unspecified atom stereocenters. The Morgan fingerprint density at radius 3 is 2.43 bits per heavy atom. The third kappa shape index (κ3) is 3.70. The van der Waals surface area contributed by atoms with Crippen LogP contribution in [0, 0.1) is 5.92 Å². The van der Waals surface area contributed by atoms with Gasteiger partial charge in [0, 0.05) is 18.7 Å². The predicted octanol–water partition coefficient (Wildman–Crippen LogP) is 1.58. The predicted molar refractivity (Wildman–Crippen MR) is 86.1 cm³/mol. The van der Waals surface area contributed by atoms with Crippen LogP contribution < -0.4 is 10.2 Å². The van der Waals surface area contributed by atoms with Crippen LogP contribution in [0.5, 0.6) is 0 Å². The third-order valence-electron chi connectivity index (χ3n) is 4.12. The van der Waals surface area contributed by atoms with Crippen molar-refractivity contribution in [1.82, 2.24) is 5.32 Å². The van der Waals surface area contributed by atoms with Crippen LogP contribution in [-0.4, -0.2) is 35.0 Å². The lowest BCUT2D eigenvalue weighted by Gasteiger charge is -2.23. The molecule has 2 N–H and O–H groups in total. The topological polar surface area (TPSA) is 86.7 Å². The Balaban J connectivity index is 2.07. The summed E-state index contributed by atoms with van der Waals surface area (Å²) in [4.78, 5) is 37.1. The Kier molecular flexibility index (Phi) is 4.73. The highest BCUT2D eigenvalue weighted by atomic mass is 16.4. The second-order valence-electron chi connectivity index (χ2n) is 6.34. The number of hydrogen-bond acceptors (Lipinski definition) is 3. The summed E-state index contributed by atoms with van der Waals surface area (Å²) < 4.78 is 0. The van der Waals surface area contributed by atoms with Gasteiger partial charge in [0.15, 0.2) is 0 Å². The average molecular weight is 318 g/mol. The fourth-order valence-corrected chi connectivity index (χ4v) is 2.51. The number of carboxylic acid groups (broad SMARTS) is 1. The van der Waals surface area contributed by atoms with Crippen molar-refractivity contribution >= 4 is 23.5 Å². The molecule has 0 saturated carbocycles. The minimum Gasteiger partial charge on any atom is -0.480 e. The van der Waals surface area contributed by atoms with E-state index in [9.17, 15) is 14.4 Å². The van der Waals surface area contributed by atoms with Crippen molar-refractivity contribution in [3.05, 3.63) is 29.8 Å². The molecule has 1 aliphatic rings. The van der Waals surface area contributed by atoms with E-state index in [-0.39, 0.29) is 18.9 Å². The van der Waals surface area contributed by atoms with Gasteiger partial charge in [0.25, 0.3) is 0 Å². The minimum atomic E-state index is -1.35. The largest absolute Gasteiger partial charge is 0.480 e. The highest BCUT2D eigenvalue weighted by Gasteiger charge is 2.38. The first kappa shape index (κ1) is 17.0. The van der Waals surface area contributed by atoms with Crippen LogP contribution in [0.2, 0.25) is 0 Å². The zero-order valence-corrected chi connectivity index (χ0v) is 13.6. The van der Waals surface area contributed by atoms with Crippen LogP contribution in [0.25, 0.3) is 0 Å². The lowest BCUT2D eigenvalue weighted by molar-refractivity contribution is -0.146. The van der Waals surface area contributed by atoms with Crippen molar-refractivity contribution in [2.75, 3.05) is 11.4 Å². The maximum absolute atomic E-state index is 12.2. The van der Waals surface area contributed by atoms with Crippen LogP contribution in [-0.2, 0) is 20.8 Å². The van der Waals surface area contributed by atoms with Crippen molar-refractivity contribution in [1.29, 1.82) is 0 Å². The molecule has 1 atom stereocenters. The summed E-state index contributed by atoms with van der Waals surface area (Å²) in [6, 6.07) is 7.67. The Morgan fingerprint density at radius 2 is 1.91 bits per heavy atom. The van der Waals surface area contributed by atoms with Gasteiger partial charge in [0.2, 0.25) is 11.8 Å². The molecule has 1 aromatic carbocycles. The first-order chi connectivity index (χ1) is 10.7. The lowest BCUT2D eigenvalue weighted by Crippen LogP contribution is -2.51. The van der Waals surface area contributed by atoms with Crippen LogP contribution in [0.1, 0.15) is 32.8 Å². The van der Waals surface area contributed by atoms with Crippen molar-refractivity contribution < 1.29 is 19.5 Å². The Labute approximate surface area is 135 Å². The quantitative estimate of drug-likeness (QED) is 0.863. The number of nitrogens with zero attached hydrogens (tertiary/aromatic N) is 1. The van der Waals surface area contributed by atoms with Crippen molar-refractivity contribution in [3.8, 4) is 0 Å². The number of amides is 2. The van der Waals surface area contributed by atoms with Crippen LogP contribution in [0.15, 0.2) is 24.3 Å². The summed E-state index contributed by atoms with van der Waals surface area (Å²) in [7, 11) is 0. The van der Waals surface area contributed by atoms with Gasteiger partial charge >= 0.3 is 5.97 Å². The Hall–Kier alpha value is -2.37. The van der Waals surface area contributed by atoms with Crippen molar-refractivity contribution in [2.45, 2.75) is 39.2 Å². The molecule has 1 aliphatic heterocycles. The molecule has 2 rings (SSSR count). The molecular formula is C17H22N2O4. The number of carboxylic acids is 1. The number of carbonyl (C=O) groups is 3. The zero-order chi connectivity index (χ0) is 17.2. The van der Waals surface area contributed by atoms with Crippen LogP contribution in [0.3, 0.4) is 0 Å². The standard InChI is InChI=1S/C17H22N2O4/c1-4-11-5-7-13(8-6-11)19-10-12(9-14(19)20)15(21)18-17(2,3)16(22)23/h5-8,12H,4,9-10H2,1-3H3,(H,18,21)(H,22,23). The van der Waals surface area contributed by atoms with Crippen molar-refractivity contribution in [3.63, 3.8) is 0 Å². The van der Waals surface area contributed by atoms with Crippen molar-refractivity contribution in [2.24, 2.45) is 5.92 Å². The number of anilines is 1. The van der Waals surface area contributed by atoms with E-state index in [1.165, 1.54) is 19.4 Å². The van der Waals surface area contributed by atoms with Gasteiger partial charge < -0.3 is 15.3 Å². The molecule has 0 aliphatic carbocycles. The molecule has 23 heavy (non-hydrogen) atoms. The average Bonchev–Trinajstić information content (AvgIpc) is 2.89. The Bertz CT molecular complexity index is 622. The summed E-state index contributed by atoms with van der Waals surface area (Å²) in [6.45, 7) is 5.17. The van der Waals surface area contributed by atoms with Gasteiger partial charge in [-0.3, -0.25) is 9.59 Å². The normalized spacial score (nSPS) is 18.1. The maximum atomic E-state index is 12.2. The molecule has 1 aromatic rings. The van der Waals surface area contributed by atoms with Gasteiger partial charge in [-0.25, -0.2) is 4.79 Å². The molecule has 0 radical (unpaired) electrons. The number of rotatable bonds is 5. The third-order valence-corrected chi connectivity index (χ3v) is 4.12. The molecule has 6 heteroatoms. The zero-order valence-electron chi connectivity index (χ0n) is 13.6. The van der Waals surface area contributed by atoms with E-state index in [4.69, 9.17) is 5.11 Å². The molecule has 2 amide bonds. The van der Waals surface area contributed by atoms with E-state index >= 15 is 0 Å². The highest BCUT2D eigenvalue weighted by molar-refractivity contribution is 6.01. The number of nitrogens with one attached hydrogen (secondary N) is 1. The number of hydrogen-bond donors (Lipinski definition) is 2. The highest BCUT2D eigenvalue weighted by Crippen LogP contribution is 2.26. The van der Waals surface area contributed by atoms with E-state index < -0.39 is 23.3 Å². The summed E-state index contributed by atoms with van der Waals surface area (Å²) in [6.07, 6.45) is 1.01. The second-order valence-corrected chi connectivity index (χ2v) is 6.34. The summed E-state index contributed by atoms with van der Waals surface area (Å²) >= 11 is 0. The summed E-state index contributed by atoms with van der Waals surface area (Å²) in [5, 5.41) is 11.6. The number of aliphatic carboxylic acids is 1. The minimum absolute atomic E-state index is 0.0943. The molecule has 1 saturated heterocycles. The van der Waals surface area contributed by atoms with E-state index in [0.717, 1.165) is 12.1 Å². The van der Waals surface area contributed by atoms with Crippen LogP contribution >= 0.6 is 0 Å². The SMILES string of the molecule is CCc1ccc(N2CC(C(=O)NC(C)(C)C(=O)O)CC2=O)cc1. The molecule has 0 bridgehead atoms. The molecule has 0 aromatic heterocycles. The van der Waals surface area contributed by atoms with E-state index in [1.807, 2.05) is 24.3 Å². The molecule has 0 spiro atoms. The Morgan fingerprint density at radius 1 is 1.30 bits per heavy atom. The van der Waals surface area contributed by atoms with Gasteiger partial charge in [-0.2, -0.15) is 0 Å². The lowest BCUT2D eigenvalue weighted by atomic mass is 10.0. The molecule has 1 fully saturated rings. The van der Waals surface area contributed by atoms with Gasteiger partial charge in [0.05, 0.1) is 5.92 Å². The molecule has 6 nitrogen and oxygen atoms in total.